The molecule has 1 N–H and O–H groups in total. The van der Waals surface area contributed by atoms with E-state index in [-0.39, 0.29) is 17.3 Å². The van der Waals surface area contributed by atoms with Gasteiger partial charge < -0.3 is 19.0 Å². The molecule has 0 aliphatic rings. The smallest absolute Gasteiger partial charge is 0.204 e. The molecule has 0 amide bonds. The standard InChI is InChI=1S/C12H12O5/c1-6(13)9-4-7-8(14)5-10(15-2)12(16-3)11(7)17-9/h4-5,14H,1-3H3. The molecular formula is C12H12O5. The Balaban J connectivity index is 2.81. The van der Waals surface area contributed by atoms with Crippen LogP contribution in [-0.2, 0) is 0 Å². The summed E-state index contributed by atoms with van der Waals surface area (Å²) < 4.78 is 15.6. The van der Waals surface area contributed by atoms with Gasteiger partial charge in [0, 0.05) is 13.0 Å². The molecule has 1 heterocycles. The van der Waals surface area contributed by atoms with Crippen LogP contribution in [0.25, 0.3) is 11.0 Å². The van der Waals surface area contributed by atoms with Crippen LogP contribution in [0, 0.1) is 0 Å². The van der Waals surface area contributed by atoms with Gasteiger partial charge in [0.25, 0.3) is 0 Å². The second-order valence-corrected chi connectivity index (χ2v) is 3.54. The third-order valence-corrected chi connectivity index (χ3v) is 2.48. The molecule has 0 atom stereocenters. The highest BCUT2D eigenvalue weighted by Crippen LogP contribution is 2.42. The summed E-state index contributed by atoms with van der Waals surface area (Å²) >= 11 is 0. The first kappa shape index (κ1) is 11.3. The zero-order chi connectivity index (χ0) is 12.6. The number of carbonyl (C=O) groups excluding carboxylic acids is 1. The average molecular weight is 236 g/mol. The Bertz CT molecular complexity index is 582. The number of fused-ring (bicyclic) bond motifs is 1. The molecule has 0 saturated heterocycles. The molecule has 90 valence electrons. The summed E-state index contributed by atoms with van der Waals surface area (Å²) in [5.41, 5.74) is 0.301. The molecule has 0 radical (unpaired) electrons. The minimum absolute atomic E-state index is 0.0195. The van der Waals surface area contributed by atoms with E-state index in [4.69, 9.17) is 13.9 Å². The van der Waals surface area contributed by atoms with Gasteiger partial charge in [-0.05, 0) is 6.07 Å². The van der Waals surface area contributed by atoms with Crippen molar-refractivity contribution in [3.63, 3.8) is 0 Å². The quantitative estimate of drug-likeness (QED) is 0.828. The lowest BCUT2D eigenvalue weighted by Crippen LogP contribution is -1.90. The number of methoxy groups -OCH3 is 2. The number of ether oxygens (including phenoxy) is 2. The van der Waals surface area contributed by atoms with E-state index in [2.05, 4.69) is 0 Å². The summed E-state index contributed by atoms with van der Waals surface area (Å²) in [5, 5.41) is 10.2. The van der Waals surface area contributed by atoms with Gasteiger partial charge >= 0.3 is 0 Å². The Morgan fingerprint density at radius 1 is 1.29 bits per heavy atom. The molecule has 0 aliphatic heterocycles. The highest BCUT2D eigenvalue weighted by Gasteiger charge is 2.19. The molecule has 0 aliphatic carbocycles. The number of hydrogen-bond acceptors (Lipinski definition) is 5. The Morgan fingerprint density at radius 2 is 2.00 bits per heavy atom. The SMILES string of the molecule is COc1cc(O)c2cc(C(C)=O)oc2c1OC. The lowest BCUT2D eigenvalue weighted by Gasteiger charge is -2.08. The predicted octanol–water partition coefficient (Wildman–Crippen LogP) is 2.36. The van der Waals surface area contributed by atoms with Crippen molar-refractivity contribution in [2.45, 2.75) is 6.92 Å². The molecule has 2 rings (SSSR count). The number of phenols is 1. The van der Waals surface area contributed by atoms with Gasteiger partial charge in [-0.25, -0.2) is 0 Å². The molecule has 0 saturated carbocycles. The van der Waals surface area contributed by atoms with Crippen LogP contribution in [0.5, 0.6) is 17.2 Å². The first-order valence-electron chi connectivity index (χ1n) is 4.97. The average Bonchev–Trinajstić information content (AvgIpc) is 2.74. The van der Waals surface area contributed by atoms with Crippen LogP contribution in [0.4, 0.5) is 0 Å². The molecule has 2 aromatic rings. The molecule has 0 fully saturated rings. The van der Waals surface area contributed by atoms with Crippen molar-refractivity contribution in [1.82, 2.24) is 0 Å². The van der Waals surface area contributed by atoms with Gasteiger partial charge in [0.2, 0.25) is 5.75 Å². The van der Waals surface area contributed by atoms with Gasteiger partial charge in [0.15, 0.2) is 22.9 Å². The zero-order valence-corrected chi connectivity index (χ0v) is 9.73. The zero-order valence-electron chi connectivity index (χ0n) is 9.73. The Labute approximate surface area is 97.6 Å². The third-order valence-electron chi connectivity index (χ3n) is 2.48. The maximum absolute atomic E-state index is 11.2. The molecule has 17 heavy (non-hydrogen) atoms. The summed E-state index contributed by atoms with van der Waals surface area (Å²) in [4.78, 5) is 11.2. The summed E-state index contributed by atoms with van der Waals surface area (Å²) in [6.45, 7) is 1.39. The van der Waals surface area contributed by atoms with Gasteiger partial charge in [-0.2, -0.15) is 0 Å². The molecule has 1 aromatic heterocycles. The normalized spacial score (nSPS) is 10.5. The van der Waals surface area contributed by atoms with Crippen molar-refractivity contribution in [3.8, 4) is 17.2 Å². The predicted molar refractivity (Wildman–Crippen MR) is 61.0 cm³/mol. The van der Waals surface area contributed by atoms with E-state index in [0.717, 1.165) is 0 Å². The molecule has 0 spiro atoms. The van der Waals surface area contributed by atoms with Gasteiger partial charge in [-0.1, -0.05) is 0 Å². The molecule has 0 unspecified atom stereocenters. The van der Waals surface area contributed by atoms with E-state index in [1.165, 1.54) is 33.3 Å². The van der Waals surface area contributed by atoms with E-state index in [0.29, 0.717) is 22.5 Å². The molecule has 5 nitrogen and oxygen atoms in total. The Morgan fingerprint density at radius 3 is 2.53 bits per heavy atom. The summed E-state index contributed by atoms with van der Waals surface area (Å²) in [7, 11) is 2.92. The first-order chi connectivity index (χ1) is 8.08. The Kier molecular flexibility index (Phi) is 2.67. The monoisotopic (exact) mass is 236 g/mol. The van der Waals surface area contributed by atoms with E-state index in [1.54, 1.807) is 0 Å². The fraction of sp³-hybridized carbons (Fsp3) is 0.250. The van der Waals surface area contributed by atoms with Gasteiger partial charge in [0.1, 0.15) is 5.75 Å². The van der Waals surface area contributed by atoms with Gasteiger partial charge in [-0.3, -0.25) is 4.79 Å². The fourth-order valence-electron chi connectivity index (χ4n) is 1.65. The highest BCUT2D eigenvalue weighted by molar-refractivity contribution is 6.00. The molecular weight excluding hydrogens is 224 g/mol. The number of hydrogen-bond donors (Lipinski definition) is 1. The van der Waals surface area contributed by atoms with Gasteiger partial charge in [-0.15, -0.1) is 0 Å². The van der Waals surface area contributed by atoms with Crippen LogP contribution >= 0.6 is 0 Å². The van der Waals surface area contributed by atoms with Gasteiger partial charge in [0.05, 0.1) is 19.6 Å². The molecule has 1 aromatic carbocycles. The Hall–Kier alpha value is -2.17. The lowest BCUT2D eigenvalue weighted by atomic mass is 10.2. The molecule has 5 heteroatoms. The van der Waals surface area contributed by atoms with E-state index in [1.807, 2.05) is 0 Å². The number of furan rings is 1. The van der Waals surface area contributed by atoms with Crippen LogP contribution in [-0.4, -0.2) is 25.1 Å². The minimum atomic E-state index is -0.221. The first-order valence-corrected chi connectivity index (χ1v) is 4.97. The number of aromatic hydroxyl groups is 1. The van der Waals surface area contributed by atoms with Crippen LogP contribution in [0.2, 0.25) is 0 Å². The van der Waals surface area contributed by atoms with Crippen molar-refractivity contribution < 1.29 is 23.8 Å². The third kappa shape index (κ3) is 1.69. The summed E-state index contributed by atoms with van der Waals surface area (Å²) in [5.74, 6) is 0.632. The lowest BCUT2D eigenvalue weighted by molar-refractivity contribution is 0.0989. The highest BCUT2D eigenvalue weighted by atomic mass is 16.5. The number of Topliss-reactive ketones (excluding diaryl/α,β-unsaturated/α-hetero) is 1. The molecule has 0 bridgehead atoms. The van der Waals surface area contributed by atoms with Crippen LogP contribution in [0.15, 0.2) is 16.5 Å². The number of carbonyl (C=O) groups is 1. The van der Waals surface area contributed by atoms with Crippen molar-refractivity contribution >= 4 is 16.8 Å². The van der Waals surface area contributed by atoms with Crippen molar-refractivity contribution in [1.29, 1.82) is 0 Å². The number of rotatable bonds is 3. The van der Waals surface area contributed by atoms with E-state index >= 15 is 0 Å². The second kappa shape index (κ2) is 4.01. The van der Waals surface area contributed by atoms with Crippen LogP contribution in [0.1, 0.15) is 17.5 Å². The minimum Gasteiger partial charge on any atom is -0.507 e. The number of ketones is 1. The van der Waals surface area contributed by atoms with Crippen molar-refractivity contribution in [3.05, 3.63) is 17.9 Å². The fourth-order valence-corrected chi connectivity index (χ4v) is 1.65. The van der Waals surface area contributed by atoms with E-state index in [9.17, 15) is 9.90 Å². The largest absolute Gasteiger partial charge is 0.507 e. The van der Waals surface area contributed by atoms with E-state index < -0.39 is 0 Å². The number of phenolic OH excluding ortho intramolecular Hbond substituents is 1. The maximum atomic E-state index is 11.2. The number of benzene rings is 1. The van der Waals surface area contributed by atoms with Crippen molar-refractivity contribution in [2.75, 3.05) is 14.2 Å². The summed E-state index contributed by atoms with van der Waals surface area (Å²) in [6, 6.07) is 2.90. The summed E-state index contributed by atoms with van der Waals surface area (Å²) in [6.07, 6.45) is 0. The second-order valence-electron chi connectivity index (χ2n) is 3.54. The van der Waals surface area contributed by atoms with Crippen LogP contribution < -0.4 is 9.47 Å². The topological polar surface area (TPSA) is 68.9 Å². The van der Waals surface area contributed by atoms with Crippen LogP contribution in [0.3, 0.4) is 0 Å². The van der Waals surface area contributed by atoms with Crippen molar-refractivity contribution in [2.24, 2.45) is 0 Å². The maximum Gasteiger partial charge on any atom is 0.204 e.